The van der Waals surface area contributed by atoms with E-state index in [2.05, 4.69) is 173 Å². The van der Waals surface area contributed by atoms with Gasteiger partial charge in [-0.3, -0.25) is 0 Å². The second-order valence-corrected chi connectivity index (χ2v) is 13.7. The van der Waals surface area contributed by atoms with E-state index in [-0.39, 0.29) is 24.2 Å². The van der Waals surface area contributed by atoms with Crippen molar-refractivity contribution in [2.75, 3.05) is 26.6 Å². The SMILES string of the molecule is C=C1c2ccccc2N2C=C(c3ccccc3)N(c3ccccc3)C2C2C1c1ccccc1N1c3nc(-c4ccccc4C)ncc3N(C)C21. The Morgan fingerprint density at radius 1 is 0.640 bits per heavy atom. The third-order valence-electron chi connectivity index (χ3n) is 11.1. The molecule has 0 radical (unpaired) electrons. The zero-order valence-electron chi connectivity index (χ0n) is 28.1. The van der Waals surface area contributed by atoms with E-state index in [1.54, 1.807) is 0 Å². The van der Waals surface area contributed by atoms with Crippen LogP contribution in [0.5, 0.6) is 0 Å². The van der Waals surface area contributed by atoms with Gasteiger partial charge in [0.2, 0.25) is 0 Å². The first-order valence-corrected chi connectivity index (χ1v) is 17.3. The van der Waals surface area contributed by atoms with Gasteiger partial charge in [0.25, 0.3) is 0 Å². The van der Waals surface area contributed by atoms with Crippen LogP contribution in [0.25, 0.3) is 22.7 Å². The van der Waals surface area contributed by atoms with Crippen LogP contribution in [-0.2, 0) is 0 Å². The highest BCUT2D eigenvalue weighted by Crippen LogP contribution is 2.61. The number of nitrogens with zero attached hydrogens (tertiary/aromatic N) is 6. The number of para-hydroxylation sites is 3. The van der Waals surface area contributed by atoms with E-state index in [4.69, 9.17) is 16.5 Å². The Morgan fingerprint density at radius 3 is 2.08 bits per heavy atom. The highest BCUT2D eigenvalue weighted by atomic mass is 15.5. The zero-order valence-corrected chi connectivity index (χ0v) is 28.1. The maximum absolute atomic E-state index is 5.37. The van der Waals surface area contributed by atoms with Gasteiger partial charge in [-0.1, -0.05) is 116 Å². The normalized spacial score (nSPS) is 21.4. The van der Waals surface area contributed by atoms with Crippen LogP contribution in [0.4, 0.5) is 28.6 Å². The molecule has 50 heavy (non-hydrogen) atoms. The summed E-state index contributed by atoms with van der Waals surface area (Å²) >= 11 is 0. The van der Waals surface area contributed by atoms with E-state index in [0.717, 1.165) is 39.7 Å². The summed E-state index contributed by atoms with van der Waals surface area (Å²) in [5.74, 6) is 1.74. The molecule has 6 nitrogen and oxygen atoms in total. The van der Waals surface area contributed by atoms with E-state index in [1.807, 2.05) is 6.20 Å². The highest BCUT2D eigenvalue weighted by molar-refractivity contribution is 5.94. The molecule has 0 spiro atoms. The van der Waals surface area contributed by atoms with Crippen molar-refractivity contribution in [3.05, 3.63) is 175 Å². The second-order valence-electron chi connectivity index (χ2n) is 13.7. The lowest BCUT2D eigenvalue weighted by atomic mass is 9.72. The molecule has 4 aliphatic rings. The van der Waals surface area contributed by atoms with Crippen molar-refractivity contribution in [2.24, 2.45) is 5.92 Å². The molecule has 0 bridgehead atoms. The summed E-state index contributed by atoms with van der Waals surface area (Å²) in [6.45, 7) is 7.05. The van der Waals surface area contributed by atoms with Gasteiger partial charge in [-0.25, -0.2) is 9.97 Å². The molecule has 0 fully saturated rings. The molecule has 4 unspecified atom stereocenters. The van der Waals surface area contributed by atoms with Crippen LogP contribution in [-0.4, -0.2) is 29.3 Å². The van der Waals surface area contributed by atoms with Crippen molar-refractivity contribution < 1.29 is 0 Å². The molecule has 0 N–H and O–H groups in total. The average Bonchev–Trinajstić information content (AvgIpc) is 3.67. The fraction of sp³-hybridized carbons (Fsp3) is 0.136. The molecule has 1 aromatic heterocycles. The fourth-order valence-corrected chi connectivity index (χ4v) is 8.92. The first kappa shape index (κ1) is 28.8. The first-order chi connectivity index (χ1) is 24.6. The maximum Gasteiger partial charge on any atom is 0.162 e. The van der Waals surface area contributed by atoms with E-state index >= 15 is 0 Å². The van der Waals surface area contributed by atoms with Crippen molar-refractivity contribution in [1.29, 1.82) is 0 Å². The fourth-order valence-electron chi connectivity index (χ4n) is 8.92. The van der Waals surface area contributed by atoms with Crippen molar-refractivity contribution in [1.82, 2.24) is 9.97 Å². The predicted octanol–water partition coefficient (Wildman–Crippen LogP) is 9.46. The second kappa shape index (κ2) is 10.9. The molecule has 242 valence electrons. The molecule has 5 aromatic carbocycles. The van der Waals surface area contributed by atoms with Crippen LogP contribution in [0.1, 0.15) is 28.2 Å². The number of anilines is 5. The number of aromatic nitrogens is 2. The molecule has 5 heterocycles. The lowest BCUT2D eigenvalue weighted by Gasteiger charge is -2.50. The van der Waals surface area contributed by atoms with Gasteiger partial charge < -0.3 is 19.6 Å². The van der Waals surface area contributed by atoms with Gasteiger partial charge in [0.05, 0.1) is 17.6 Å². The molecule has 10 rings (SSSR count). The molecule has 4 aliphatic heterocycles. The number of hydrogen-bond donors (Lipinski definition) is 0. The first-order valence-electron chi connectivity index (χ1n) is 17.3. The summed E-state index contributed by atoms with van der Waals surface area (Å²) in [4.78, 5) is 20.3. The van der Waals surface area contributed by atoms with Gasteiger partial charge in [0.15, 0.2) is 11.6 Å². The number of aryl methyl sites for hydroxylation is 1. The molecule has 0 aliphatic carbocycles. The molecule has 4 atom stereocenters. The topological polar surface area (TPSA) is 38.7 Å². The largest absolute Gasteiger partial charge is 0.349 e. The smallest absolute Gasteiger partial charge is 0.162 e. The highest BCUT2D eigenvalue weighted by Gasteiger charge is 2.58. The summed E-state index contributed by atoms with van der Waals surface area (Å²) in [5.41, 5.74) is 12.7. The maximum atomic E-state index is 5.37. The number of rotatable bonds is 3. The van der Waals surface area contributed by atoms with Crippen molar-refractivity contribution >= 4 is 39.8 Å². The van der Waals surface area contributed by atoms with E-state index < -0.39 is 0 Å². The van der Waals surface area contributed by atoms with Gasteiger partial charge in [0.1, 0.15) is 18.0 Å². The molecule has 6 heteroatoms. The summed E-state index contributed by atoms with van der Waals surface area (Å²) in [6, 6.07) is 47.7. The van der Waals surface area contributed by atoms with Gasteiger partial charge in [-0.2, -0.15) is 0 Å². The Balaban J connectivity index is 1.24. The minimum absolute atomic E-state index is 0.0268. The summed E-state index contributed by atoms with van der Waals surface area (Å²) in [7, 11) is 2.21. The Bertz CT molecular complexity index is 2330. The molecular weight excluding hydrogens is 613 g/mol. The molecule has 0 amide bonds. The molecular formula is C44H36N6. The van der Waals surface area contributed by atoms with Crippen molar-refractivity contribution in [3.63, 3.8) is 0 Å². The minimum Gasteiger partial charge on any atom is -0.349 e. The Labute approximate surface area is 292 Å². The number of fused-ring (bicyclic) bond motifs is 12. The minimum atomic E-state index is -0.0839. The van der Waals surface area contributed by atoms with Gasteiger partial charge in [-0.15, -0.1) is 0 Å². The number of benzene rings is 5. The van der Waals surface area contributed by atoms with Gasteiger partial charge in [-0.05, 0) is 53.5 Å². The van der Waals surface area contributed by atoms with E-state index in [1.165, 1.54) is 33.8 Å². The van der Waals surface area contributed by atoms with Crippen LogP contribution in [0.3, 0.4) is 0 Å². The van der Waals surface area contributed by atoms with Crippen molar-refractivity contribution in [3.8, 4) is 11.4 Å². The molecule has 0 saturated carbocycles. The van der Waals surface area contributed by atoms with Crippen LogP contribution < -0.4 is 19.6 Å². The summed E-state index contributed by atoms with van der Waals surface area (Å²) in [5, 5.41) is 0. The van der Waals surface area contributed by atoms with Crippen LogP contribution in [0.15, 0.2) is 152 Å². The Hall–Kier alpha value is -6.14. The average molecular weight is 649 g/mol. The lowest BCUT2D eigenvalue weighted by molar-refractivity contribution is 0.323. The van der Waals surface area contributed by atoms with E-state index in [0.29, 0.717) is 0 Å². The zero-order chi connectivity index (χ0) is 33.5. The quantitative estimate of drug-likeness (QED) is 0.190. The monoisotopic (exact) mass is 648 g/mol. The standard InChI is InChI=1S/C44H36N6/c1-28-16-10-11-21-32(28)41-45-26-37-42(46-41)50-36-25-15-13-23-34(36)39-29(2)33-22-12-14-24-35(33)48-27-38(30-17-6-4-7-18-30)49(31-19-8-5-9-20-31)44(48)40(39)43(50)47(37)3/h4-27,39-40,43-44H,2H2,1,3H3. The third kappa shape index (κ3) is 4.02. The molecule has 0 saturated heterocycles. The van der Waals surface area contributed by atoms with Gasteiger partial charge >= 0.3 is 0 Å². The summed E-state index contributed by atoms with van der Waals surface area (Å²) in [6.07, 6.45) is 4.24. The third-order valence-corrected chi connectivity index (χ3v) is 11.1. The van der Waals surface area contributed by atoms with Crippen LogP contribution in [0.2, 0.25) is 0 Å². The van der Waals surface area contributed by atoms with E-state index in [9.17, 15) is 0 Å². The summed E-state index contributed by atoms with van der Waals surface area (Å²) < 4.78 is 0. The Morgan fingerprint density at radius 2 is 1.30 bits per heavy atom. The van der Waals surface area contributed by atoms with Gasteiger partial charge in [0, 0.05) is 47.6 Å². The number of hydrogen-bond acceptors (Lipinski definition) is 6. The number of allylic oxidation sites excluding steroid dienone is 1. The van der Waals surface area contributed by atoms with Crippen LogP contribution in [0, 0.1) is 12.8 Å². The lowest BCUT2D eigenvalue weighted by Crippen LogP contribution is -2.59. The Kier molecular flexibility index (Phi) is 6.31. The molecule has 6 aromatic rings. The predicted molar refractivity (Wildman–Crippen MR) is 204 cm³/mol. The van der Waals surface area contributed by atoms with Crippen LogP contribution >= 0.6 is 0 Å². The van der Waals surface area contributed by atoms with Crippen molar-refractivity contribution in [2.45, 2.75) is 25.2 Å².